The first kappa shape index (κ1) is 25.2. The van der Waals surface area contributed by atoms with Crippen molar-refractivity contribution in [1.29, 1.82) is 0 Å². The summed E-state index contributed by atoms with van der Waals surface area (Å²) >= 11 is 1.31. The Hall–Kier alpha value is -3.39. The largest absolute Gasteiger partial charge is 0.497 e. The third-order valence-corrected chi connectivity index (χ3v) is 6.31. The van der Waals surface area contributed by atoms with Gasteiger partial charge < -0.3 is 14.6 Å². The molecule has 3 aromatic rings. The number of nitrogens with one attached hydrogen (secondary N) is 1. The number of aromatic nitrogens is 3. The summed E-state index contributed by atoms with van der Waals surface area (Å²) in [4.78, 5) is 25.6. The third kappa shape index (κ3) is 6.14. The van der Waals surface area contributed by atoms with Gasteiger partial charge >= 0.3 is 0 Å². The van der Waals surface area contributed by atoms with Crippen LogP contribution in [0.4, 0.5) is 0 Å². The molecule has 34 heavy (non-hydrogen) atoms. The van der Waals surface area contributed by atoms with Crippen molar-refractivity contribution in [3.05, 3.63) is 83.7 Å². The van der Waals surface area contributed by atoms with E-state index in [1.54, 1.807) is 37.5 Å². The van der Waals surface area contributed by atoms with E-state index in [1.807, 2.05) is 49.6 Å². The zero-order valence-electron chi connectivity index (χ0n) is 19.9. The molecule has 1 aromatic heterocycles. The van der Waals surface area contributed by atoms with Gasteiger partial charge in [0.25, 0.3) is 5.91 Å². The number of aryl methyl sites for hydroxylation is 1. The maximum Gasteiger partial charge on any atom is 0.251 e. The van der Waals surface area contributed by atoms with Gasteiger partial charge in [-0.1, -0.05) is 49.4 Å². The van der Waals surface area contributed by atoms with Gasteiger partial charge in [0.05, 0.1) is 18.9 Å². The summed E-state index contributed by atoms with van der Waals surface area (Å²) in [6.45, 7) is 10.3. The first-order chi connectivity index (χ1) is 16.3. The average molecular weight is 479 g/mol. The first-order valence-corrected chi connectivity index (χ1v) is 12.0. The summed E-state index contributed by atoms with van der Waals surface area (Å²) in [5, 5.41) is 12.4. The van der Waals surface area contributed by atoms with Crippen LogP contribution in [-0.4, -0.2) is 39.3 Å². The maximum absolute atomic E-state index is 12.9. The summed E-state index contributed by atoms with van der Waals surface area (Å²) in [5.41, 5.74) is 2.29. The van der Waals surface area contributed by atoms with Crippen molar-refractivity contribution < 1.29 is 14.3 Å². The number of amides is 1. The fraction of sp³-hybridized carbons (Fsp3) is 0.308. The molecular weight excluding hydrogens is 448 g/mol. The molecular formula is C26H30N4O3S. The smallest absolute Gasteiger partial charge is 0.251 e. The topological polar surface area (TPSA) is 86.1 Å². The van der Waals surface area contributed by atoms with E-state index >= 15 is 0 Å². The van der Waals surface area contributed by atoms with Crippen LogP contribution in [0.2, 0.25) is 0 Å². The minimum atomic E-state index is -0.354. The van der Waals surface area contributed by atoms with E-state index in [1.165, 1.54) is 11.8 Å². The SMILES string of the molecule is C=CCn1c(SCC(=O)c2ccc(OC)cc2)nnc1[C@@H](NC(=O)c1ccc(C)cc1)C(C)C. The number of carbonyl (C=O) groups excluding carboxylic acids is 2. The lowest BCUT2D eigenvalue weighted by atomic mass is 10.0. The minimum absolute atomic E-state index is 0.0181. The van der Waals surface area contributed by atoms with Crippen LogP contribution in [0.5, 0.6) is 5.75 Å². The molecule has 0 radical (unpaired) electrons. The van der Waals surface area contributed by atoms with E-state index < -0.39 is 0 Å². The molecule has 1 atom stereocenters. The van der Waals surface area contributed by atoms with Gasteiger partial charge in [0.2, 0.25) is 0 Å². The molecule has 1 N–H and O–H groups in total. The van der Waals surface area contributed by atoms with E-state index in [9.17, 15) is 9.59 Å². The van der Waals surface area contributed by atoms with Crippen molar-refractivity contribution >= 4 is 23.5 Å². The molecule has 0 saturated heterocycles. The van der Waals surface area contributed by atoms with E-state index in [4.69, 9.17) is 4.74 Å². The molecule has 0 spiro atoms. The lowest BCUT2D eigenvalue weighted by Crippen LogP contribution is -2.33. The van der Waals surface area contributed by atoms with Gasteiger partial charge in [0.15, 0.2) is 16.8 Å². The highest BCUT2D eigenvalue weighted by molar-refractivity contribution is 7.99. The second kappa shape index (κ2) is 11.7. The number of nitrogens with zero attached hydrogens (tertiary/aromatic N) is 3. The van der Waals surface area contributed by atoms with Crippen molar-refractivity contribution in [2.45, 2.75) is 38.5 Å². The Morgan fingerprint density at radius 2 is 1.74 bits per heavy atom. The van der Waals surface area contributed by atoms with Crippen LogP contribution in [0.25, 0.3) is 0 Å². The number of thioether (sulfide) groups is 1. The fourth-order valence-corrected chi connectivity index (χ4v) is 4.24. The Morgan fingerprint density at radius 3 is 2.32 bits per heavy atom. The number of benzene rings is 2. The van der Waals surface area contributed by atoms with Crippen molar-refractivity contribution in [3.63, 3.8) is 0 Å². The van der Waals surface area contributed by atoms with Gasteiger partial charge in [0.1, 0.15) is 5.75 Å². The molecule has 0 saturated carbocycles. The van der Waals surface area contributed by atoms with Crippen LogP contribution in [-0.2, 0) is 6.54 Å². The van der Waals surface area contributed by atoms with Gasteiger partial charge in [-0.05, 0) is 49.2 Å². The Bertz CT molecular complexity index is 1140. The van der Waals surface area contributed by atoms with Crippen LogP contribution in [0.1, 0.15) is 52.0 Å². The quantitative estimate of drug-likeness (QED) is 0.240. The summed E-state index contributed by atoms with van der Waals surface area (Å²) in [7, 11) is 1.59. The molecule has 8 heteroatoms. The standard InChI is InChI=1S/C26H30N4O3S/c1-6-15-30-24(23(17(2)3)27-25(32)20-9-7-18(4)8-10-20)28-29-26(30)34-16-22(31)19-11-13-21(33-5)14-12-19/h6-14,17,23H,1,15-16H2,2-5H3,(H,27,32)/t23-/m0/s1. The predicted molar refractivity (Wildman–Crippen MR) is 134 cm³/mol. The van der Waals surface area contributed by atoms with E-state index in [0.29, 0.717) is 34.4 Å². The Morgan fingerprint density at radius 1 is 1.09 bits per heavy atom. The molecule has 0 fully saturated rings. The molecule has 7 nitrogen and oxygen atoms in total. The van der Waals surface area contributed by atoms with E-state index in [2.05, 4.69) is 22.1 Å². The molecule has 178 valence electrons. The molecule has 1 heterocycles. The number of ether oxygens (including phenoxy) is 1. The van der Waals surface area contributed by atoms with Crippen molar-refractivity contribution in [3.8, 4) is 5.75 Å². The average Bonchev–Trinajstić information content (AvgIpc) is 3.23. The molecule has 2 aromatic carbocycles. The molecule has 0 bridgehead atoms. The highest BCUT2D eigenvalue weighted by Gasteiger charge is 2.26. The summed E-state index contributed by atoms with van der Waals surface area (Å²) in [6.07, 6.45) is 1.75. The number of hydrogen-bond donors (Lipinski definition) is 1. The number of carbonyl (C=O) groups is 2. The summed E-state index contributed by atoms with van der Waals surface area (Å²) < 4.78 is 7.05. The van der Waals surface area contributed by atoms with Gasteiger partial charge in [-0.25, -0.2) is 0 Å². The van der Waals surface area contributed by atoms with Crippen LogP contribution in [0.3, 0.4) is 0 Å². The van der Waals surface area contributed by atoms with E-state index in [-0.39, 0.29) is 29.4 Å². The monoisotopic (exact) mass is 478 g/mol. The first-order valence-electron chi connectivity index (χ1n) is 11.1. The zero-order chi connectivity index (χ0) is 24.7. The number of rotatable bonds is 11. The highest BCUT2D eigenvalue weighted by Crippen LogP contribution is 2.26. The number of allylic oxidation sites excluding steroid dienone is 1. The summed E-state index contributed by atoms with van der Waals surface area (Å²) in [5.74, 6) is 1.43. The minimum Gasteiger partial charge on any atom is -0.497 e. The Kier molecular flexibility index (Phi) is 8.65. The Balaban J connectivity index is 1.78. The van der Waals surface area contributed by atoms with Crippen LogP contribution >= 0.6 is 11.8 Å². The molecule has 1 amide bonds. The lowest BCUT2D eigenvalue weighted by Gasteiger charge is -2.22. The van der Waals surface area contributed by atoms with Gasteiger partial charge in [-0.2, -0.15) is 0 Å². The molecule has 0 unspecified atom stereocenters. The number of hydrogen-bond acceptors (Lipinski definition) is 6. The summed E-state index contributed by atoms with van der Waals surface area (Å²) in [6, 6.07) is 14.1. The van der Waals surface area contributed by atoms with Crippen molar-refractivity contribution in [2.24, 2.45) is 5.92 Å². The second-order valence-corrected chi connectivity index (χ2v) is 9.18. The second-order valence-electron chi connectivity index (χ2n) is 8.24. The van der Waals surface area contributed by atoms with Gasteiger partial charge in [-0.3, -0.25) is 9.59 Å². The molecule has 0 aliphatic rings. The number of methoxy groups -OCH3 is 1. The number of ketones is 1. The normalized spacial score (nSPS) is 11.8. The molecule has 0 aliphatic carbocycles. The molecule has 3 rings (SSSR count). The van der Waals surface area contributed by atoms with Crippen molar-refractivity contribution in [1.82, 2.24) is 20.1 Å². The van der Waals surface area contributed by atoms with Crippen LogP contribution in [0.15, 0.2) is 66.3 Å². The fourth-order valence-electron chi connectivity index (χ4n) is 3.39. The lowest BCUT2D eigenvalue weighted by molar-refractivity contribution is 0.0921. The zero-order valence-corrected chi connectivity index (χ0v) is 20.8. The van der Waals surface area contributed by atoms with Gasteiger partial charge in [-0.15, -0.1) is 16.8 Å². The third-order valence-electron chi connectivity index (χ3n) is 5.35. The van der Waals surface area contributed by atoms with Crippen molar-refractivity contribution in [2.75, 3.05) is 12.9 Å². The van der Waals surface area contributed by atoms with E-state index in [0.717, 1.165) is 5.56 Å². The van der Waals surface area contributed by atoms with Crippen LogP contribution in [0, 0.1) is 12.8 Å². The Labute approximate surface area is 204 Å². The molecule has 0 aliphatic heterocycles. The maximum atomic E-state index is 12.9. The van der Waals surface area contributed by atoms with Gasteiger partial charge in [0, 0.05) is 17.7 Å². The number of Topliss-reactive ketones (excluding diaryl/α,β-unsaturated/α-hetero) is 1. The van der Waals surface area contributed by atoms with Crippen LogP contribution < -0.4 is 10.1 Å². The predicted octanol–water partition coefficient (Wildman–Crippen LogP) is 4.88. The highest BCUT2D eigenvalue weighted by atomic mass is 32.2.